The Bertz CT molecular complexity index is 360. The maximum absolute atomic E-state index is 11.7. The molecule has 4 nitrogen and oxygen atoms in total. The molecule has 0 heterocycles. The van der Waals surface area contributed by atoms with Crippen molar-refractivity contribution in [1.29, 1.82) is 0 Å². The van der Waals surface area contributed by atoms with Crippen LogP contribution in [0.4, 0.5) is 0 Å². The summed E-state index contributed by atoms with van der Waals surface area (Å²) in [4.78, 5) is 11.7. The number of carbonyl (C=O) groups excluding carboxylic acids is 1. The van der Waals surface area contributed by atoms with Gasteiger partial charge in [0.05, 0.1) is 12.2 Å². The summed E-state index contributed by atoms with van der Waals surface area (Å²) in [6.07, 6.45) is 1.90. The van der Waals surface area contributed by atoms with E-state index in [1.807, 2.05) is 0 Å². The van der Waals surface area contributed by atoms with Crippen molar-refractivity contribution in [3.05, 3.63) is 29.8 Å². The van der Waals surface area contributed by atoms with Crippen LogP contribution in [0.25, 0.3) is 0 Å². The van der Waals surface area contributed by atoms with E-state index in [9.17, 15) is 4.79 Å². The number of esters is 1. The van der Waals surface area contributed by atoms with Crippen molar-refractivity contribution >= 4 is 18.6 Å². The molecule has 1 aromatic rings. The summed E-state index contributed by atoms with van der Waals surface area (Å²) in [5.74, 6) is -0.290. The largest absolute Gasteiger partial charge is 0.493 e. The zero-order chi connectivity index (χ0) is 13.4. The van der Waals surface area contributed by atoms with Crippen molar-refractivity contribution in [1.82, 2.24) is 0 Å². The van der Waals surface area contributed by atoms with E-state index in [1.54, 1.807) is 38.5 Å². The van der Waals surface area contributed by atoms with Gasteiger partial charge in [0, 0.05) is 14.2 Å². The molecule has 0 fully saturated rings. The lowest BCUT2D eigenvalue weighted by atomic mass is 9.79. The predicted octanol–water partition coefficient (Wildman–Crippen LogP) is 1.63. The molecule has 98 valence electrons. The van der Waals surface area contributed by atoms with E-state index in [0.717, 1.165) is 18.3 Å². The summed E-state index contributed by atoms with van der Waals surface area (Å²) in [6, 6.07) is 7.03. The Hall–Kier alpha value is -1.33. The van der Waals surface area contributed by atoms with Crippen LogP contribution in [0.1, 0.15) is 30.1 Å². The van der Waals surface area contributed by atoms with E-state index in [2.05, 4.69) is 6.92 Å². The first kappa shape index (κ1) is 14.7. The first-order chi connectivity index (χ1) is 8.72. The maximum Gasteiger partial charge on any atom is 0.493 e. The van der Waals surface area contributed by atoms with Crippen LogP contribution < -0.4 is 5.46 Å². The Morgan fingerprint density at radius 2 is 1.78 bits per heavy atom. The number of ether oxygens (including phenoxy) is 1. The quantitative estimate of drug-likeness (QED) is 0.419. The monoisotopic (exact) mass is 250 g/mol. The van der Waals surface area contributed by atoms with Gasteiger partial charge in [-0.15, -0.1) is 0 Å². The Kier molecular flexibility index (Phi) is 6.46. The lowest BCUT2D eigenvalue weighted by Crippen LogP contribution is -2.34. The van der Waals surface area contributed by atoms with Crippen LogP contribution in [0.3, 0.4) is 0 Å². The second-order valence-corrected chi connectivity index (χ2v) is 3.91. The van der Waals surface area contributed by atoms with Gasteiger partial charge >= 0.3 is 13.1 Å². The first-order valence-corrected chi connectivity index (χ1v) is 6.05. The molecule has 0 aliphatic carbocycles. The van der Waals surface area contributed by atoms with Gasteiger partial charge in [-0.1, -0.05) is 25.5 Å². The Morgan fingerprint density at radius 3 is 2.28 bits per heavy atom. The van der Waals surface area contributed by atoms with Gasteiger partial charge < -0.3 is 14.0 Å². The van der Waals surface area contributed by atoms with Crippen molar-refractivity contribution in [3.63, 3.8) is 0 Å². The van der Waals surface area contributed by atoms with E-state index in [4.69, 9.17) is 14.0 Å². The third-order valence-electron chi connectivity index (χ3n) is 2.58. The van der Waals surface area contributed by atoms with Crippen LogP contribution in [-0.2, 0) is 14.0 Å². The van der Waals surface area contributed by atoms with Gasteiger partial charge in [-0.25, -0.2) is 4.79 Å². The second kappa shape index (κ2) is 7.90. The lowest BCUT2D eigenvalue weighted by Gasteiger charge is -2.09. The maximum atomic E-state index is 11.7. The fourth-order valence-electron chi connectivity index (χ4n) is 1.54. The van der Waals surface area contributed by atoms with Gasteiger partial charge in [-0.3, -0.25) is 0 Å². The summed E-state index contributed by atoms with van der Waals surface area (Å²) < 4.78 is 15.4. The summed E-state index contributed by atoms with van der Waals surface area (Å²) in [7, 11) is 2.73. The van der Waals surface area contributed by atoms with Crippen LogP contribution in [0.15, 0.2) is 24.3 Å². The molecule has 0 bridgehead atoms. The van der Waals surface area contributed by atoms with Crippen LogP contribution >= 0.6 is 0 Å². The van der Waals surface area contributed by atoms with E-state index >= 15 is 0 Å². The molecular weight excluding hydrogens is 231 g/mol. The highest BCUT2D eigenvalue weighted by atomic mass is 16.6. The third kappa shape index (κ3) is 4.16. The molecule has 0 aliphatic heterocycles. The average molecular weight is 250 g/mol. The van der Waals surface area contributed by atoms with Crippen LogP contribution in [0, 0.1) is 0 Å². The average Bonchev–Trinajstić information content (AvgIpc) is 2.41. The Labute approximate surface area is 108 Å². The molecule has 0 radical (unpaired) electrons. The minimum Gasteiger partial charge on any atom is -0.462 e. The lowest BCUT2D eigenvalue weighted by molar-refractivity contribution is 0.0500. The molecule has 0 saturated heterocycles. The normalized spacial score (nSPS) is 10.2. The molecule has 1 aromatic carbocycles. The van der Waals surface area contributed by atoms with Gasteiger partial charge in [0.2, 0.25) is 0 Å². The zero-order valence-corrected chi connectivity index (χ0v) is 11.1. The van der Waals surface area contributed by atoms with E-state index < -0.39 is 7.12 Å². The highest BCUT2D eigenvalue weighted by Gasteiger charge is 2.18. The number of hydrogen-bond donors (Lipinski definition) is 0. The topological polar surface area (TPSA) is 44.8 Å². The molecule has 5 heteroatoms. The van der Waals surface area contributed by atoms with Crippen molar-refractivity contribution in [2.75, 3.05) is 20.8 Å². The molecule has 1 rings (SSSR count). The predicted molar refractivity (Wildman–Crippen MR) is 71.0 cm³/mol. The highest BCUT2D eigenvalue weighted by Crippen LogP contribution is 2.02. The van der Waals surface area contributed by atoms with Crippen LogP contribution in [-0.4, -0.2) is 33.9 Å². The molecule has 0 aromatic heterocycles. The van der Waals surface area contributed by atoms with Gasteiger partial charge in [-0.2, -0.15) is 0 Å². The van der Waals surface area contributed by atoms with Crippen molar-refractivity contribution in [2.24, 2.45) is 0 Å². The van der Waals surface area contributed by atoms with Gasteiger partial charge in [0.15, 0.2) is 0 Å². The molecule has 0 spiro atoms. The van der Waals surface area contributed by atoms with E-state index in [1.165, 1.54) is 0 Å². The van der Waals surface area contributed by atoms with Gasteiger partial charge in [0.25, 0.3) is 0 Å². The van der Waals surface area contributed by atoms with Gasteiger partial charge in [-0.05, 0) is 24.0 Å². The third-order valence-corrected chi connectivity index (χ3v) is 2.58. The number of hydrogen-bond acceptors (Lipinski definition) is 4. The fourth-order valence-corrected chi connectivity index (χ4v) is 1.54. The number of benzene rings is 1. The SMILES string of the molecule is CCCCOC(=O)c1ccc(B(OC)OC)cc1. The first-order valence-electron chi connectivity index (χ1n) is 6.05. The van der Waals surface area contributed by atoms with Crippen molar-refractivity contribution in [2.45, 2.75) is 19.8 Å². The minimum atomic E-state index is -0.407. The molecule has 0 N–H and O–H groups in total. The molecule has 0 aliphatic rings. The smallest absolute Gasteiger partial charge is 0.462 e. The number of unbranched alkanes of at least 4 members (excludes halogenated alkanes) is 1. The Balaban J connectivity index is 2.61. The summed E-state index contributed by atoms with van der Waals surface area (Å²) in [6.45, 7) is 2.52. The molecule has 0 unspecified atom stereocenters. The second-order valence-electron chi connectivity index (χ2n) is 3.91. The molecule has 0 amide bonds. The molecular formula is C13H19BO4. The summed E-state index contributed by atoms with van der Waals surface area (Å²) >= 11 is 0. The van der Waals surface area contributed by atoms with Crippen molar-refractivity contribution in [3.8, 4) is 0 Å². The summed E-state index contributed by atoms with van der Waals surface area (Å²) in [5, 5.41) is 0. The molecule has 18 heavy (non-hydrogen) atoms. The Morgan fingerprint density at radius 1 is 1.17 bits per heavy atom. The van der Waals surface area contributed by atoms with E-state index in [-0.39, 0.29) is 5.97 Å². The van der Waals surface area contributed by atoms with Crippen LogP contribution in [0.2, 0.25) is 0 Å². The van der Waals surface area contributed by atoms with E-state index in [0.29, 0.717) is 12.2 Å². The fraction of sp³-hybridized carbons (Fsp3) is 0.462. The molecule has 0 saturated carbocycles. The zero-order valence-electron chi connectivity index (χ0n) is 11.1. The minimum absolute atomic E-state index is 0.290. The van der Waals surface area contributed by atoms with Crippen LogP contribution in [0.5, 0.6) is 0 Å². The highest BCUT2D eigenvalue weighted by molar-refractivity contribution is 6.61. The standard InChI is InChI=1S/C13H19BO4/c1-4-5-10-18-13(15)11-6-8-12(9-7-11)14(16-2)17-3/h6-9H,4-5,10H2,1-3H3. The van der Waals surface area contributed by atoms with Crippen molar-refractivity contribution < 1.29 is 18.8 Å². The molecule has 0 atom stereocenters. The van der Waals surface area contributed by atoms with Gasteiger partial charge in [0.1, 0.15) is 0 Å². The number of carbonyl (C=O) groups is 1. The number of rotatable bonds is 7. The summed E-state index contributed by atoms with van der Waals surface area (Å²) in [5.41, 5.74) is 1.41.